The summed E-state index contributed by atoms with van der Waals surface area (Å²) in [6.45, 7) is 0. The third-order valence-corrected chi connectivity index (χ3v) is 2.15. The van der Waals surface area contributed by atoms with Crippen LogP contribution in [0.5, 0.6) is 0 Å². The molecule has 1 aromatic carbocycles. The molecule has 2 rings (SSSR count). The molecule has 0 radical (unpaired) electrons. The second-order valence-electron chi connectivity index (χ2n) is 3.27. The molecule has 0 atom stereocenters. The Morgan fingerprint density at radius 3 is 2.31 bits per heavy atom. The van der Waals surface area contributed by atoms with Gasteiger partial charge in [-0.1, -0.05) is 40.9 Å². The Morgan fingerprint density at radius 1 is 1.06 bits per heavy atom. The van der Waals surface area contributed by atoms with E-state index in [1.54, 1.807) is 6.08 Å². The van der Waals surface area contributed by atoms with Gasteiger partial charge in [-0.2, -0.15) is 0 Å². The number of nitrogens with zero attached hydrogens (tertiary/aromatic N) is 1. The summed E-state index contributed by atoms with van der Waals surface area (Å²) in [4.78, 5) is 22.0. The summed E-state index contributed by atoms with van der Waals surface area (Å²) in [5.41, 5.74) is 0.928. The summed E-state index contributed by atoms with van der Waals surface area (Å²) in [7, 11) is 0. The molecule has 1 heterocycles. The summed E-state index contributed by atoms with van der Waals surface area (Å²) in [6.07, 6.45) is 4.05. The van der Waals surface area contributed by atoms with Crippen molar-refractivity contribution < 1.29 is 14.1 Å². The minimum absolute atomic E-state index is 0.0522. The average molecular weight is 217 g/mol. The Labute approximate surface area is 91.4 Å². The smallest absolute Gasteiger partial charge is 0.267 e. The maximum Gasteiger partial charge on any atom is 0.289 e. The van der Waals surface area contributed by atoms with Crippen LogP contribution in [0.15, 0.2) is 48.1 Å². The van der Waals surface area contributed by atoms with Crippen molar-refractivity contribution in [1.29, 1.82) is 0 Å². The zero-order valence-corrected chi connectivity index (χ0v) is 8.26. The molecular weight excluding hydrogens is 209 g/mol. The number of hydrogen-bond donors (Lipinski definition) is 0. The molecule has 0 aliphatic carbocycles. The molecule has 16 heavy (non-hydrogen) atoms. The van der Waals surface area contributed by atoms with Crippen molar-refractivity contribution >= 4 is 17.9 Å². The van der Waals surface area contributed by atoms with Crippen LogP contribution in [0.3, 0.4) is 0 Å². The van der Waals surface area contributed by atoms with Crippen molar-refractivity contribution in [3.8, 4) is 0 Å². The second kappa shape index (κ2) is 4.10. The first-order valence-corrected chi connectivity index (χ1v) is 4.67. The SMILES string of the molecule is O=C1C=C(C=Cc2ccccc2)C(=O)N1F. The lowest BCUT2D eigenvalue weighted by molar-refractivity contribution is -0.153. The van der Waals surface area contributed by atoms with E-state index in [9.17, 15) is 14.1 Å². The molecule has 0 N–H and O–H groups in total. The van der Waals surface area contributed by atoms with Gasteiger partial charge in [0, 0.05) is 11.6 Å². The molecule has 0 unspecified atom stereocenters. The molecule has 1 aliphatic rings. The maximum absolute atomic E-state index is 12.7. The third kappa shape index (κ3) is 1.91. The molecule has 2 amide bonds. The Morgan fingerprint density at radius 2 is 1.75 bits per heavy atom. The highest BCUT2D eigenvalue weighted by Crippen LogP contribution is 2.15. The molecule has 0 fully saturated rings. The highest BCUT2D eigenvalue weighted by molar-refractivity contribution is 6.16. The van der Waals surface area contributed by atoms with E-state index in [2.05, 4.69) is 0 Å². The number of halogens is 1. The van der Waals surface area contributed by atoms with Gasteiger partial charge < -0.3 is 0 Å². The van der Waals surface area contributed by atoms with Gasteiger partial charge in [0.25, 0.3) is 11.8 Å². The molecule has 1 aromatic rings. The minimum Gasteiger partial charge on any atom is -0.267 e. The lowest BCUT2D eigenvalue weighted by Gasteiger charge is -1.97. The first-order valence-electron chi connectivity index (χ1n) is 4.67. The Kier molecular flexibility index (Phi) is 2.64. The van der Waals surface area contributed by atoms with Crippen LogP contribution in [0.2, 0.25) is 0 Å². The maximum atomic E-state index is 12.7. The molecule has 80 valence electrons. The van der Waals surface area contributed by atoms with E-state index in [1.165, 1.54) is 6.08 Å². The molecule has 0 saturated carbocycles. The van der Waals surface area contributed by atoms with Crippen molar-refractivity contribution in [1.82, 2.24) is 5.12 Å². The fourth-order valence-corrected chi connectivity index (χ4v) is 1.33. The minimum atomic E-state index is -0.933. The summed E-state index contributed by atoms with van der Waals surface area (Å²) in [6, 6.07) is 9.23. The number of imide groups is 1. The first-order chi connectivity index (χ1) is 7.68. The molecule has 4 heteroatoms. The zero-order valence-electron chi connectivity index (χ0n) is 8.26. The van der Waals surface area contributed by atoms with Gasteiger partial charge in [0.2, 0.25) is 0 Å². The van der Waals surface area contributed by atoms with Crippen LogP contribution < -0.4 is 0 Å². The lowest BCUT2D eigenvalue weighted by Crippen LogP contribution is -2.21. The topological polar surface area (TPSA) is 37.4 Å². The van der Waals surface area contributed by atoms with E-state index in [0.29, 0.717) is 0 Å². The van der Waals surface area contributed by atoms with Crippen LogP contribution in [0.25, 0.3) is 6.08 Å². The van der Waals surface area contributed by atoms with Crippen molar-refractivity contribution in [3.05, 3.63) is 53.6 Å². The van der Waals surface area contributed by atoms with Crippen LogP contribution in [-0.2, 0) is 9.59 Å². The molecule has 0 aromatic heterocycles. The number of amides is 2. The van der Waals surface area contributed by atoms with Gasteiger partial charge in [0.15, 0.2) is 0 Å². The first kappa shape index (κ1) is 10.3. The average Bonchev–Trinajstić information content (AvgIpc) is 2.56. The number of carbonyl (C=O) groups is 2. The molecular formula is C12H8FNO2. The monoisotopic (exact) mass is 217 g/mol. The van der Waals surface area contributed by atoms with E-state index >= 15 is 0 Å². The van der Waals surface area contributed by atoms with E-state index < -0.39 is 16.9 Å². The summed E-state index contributed by atoms with van der Waals surface area (Å²) in [5, 5.41) is -0.398. The Bertz CT molecular complexity index is 491. The van der Waals surface area contributed by atoms with Gasteiger partial charge >= 0.3 is 0 Å². The second-order valence-corrected chi connectivity index (χ2v) is 3.27. The van der Waals surface area contributed by atoms with Crippen molar-refractivity contribution in [2.75, 3.05) is 0 Å². The standard InChI is InChI=1S/C12H8FNO2/c13-14-11(15)8-10(12(14)16)7-6-9-4-2-1-3-5-9/h1-8H. The van der Waals surface area contributed by atoms with E-state index in [4.69, 9.17) is 0 Å². The Hall–Kier alpha value is -2.23. The number of hydrogen-bond acceptors (Lipinski definition) is 2. The number of benzene rings is 1. The highest BCUT2D eigenvalue weighted by Gasteiger charge is 2.29. The van der Waals surface area contributed by atoms with Gasteiger partial charge in [0.05, 0.1) is 0 Å². The molecule has 0 bridgehead atoms. The van der Waals surface area contributed by atoms with E-state index in [-0.39, 0.29) is 5.57 Å². The van der Waals surface area contributed by atoms with Crippen molar-refractivity contribution in [3.63, 3.8) is 0 Å². The van der Waals surface area contributed by atoms with Crippen molar-refractivity contribution in [2.24, 2.45) is 0 Å². The van der Waals surface area contributed by atoms with Crippen LogP contribution in [0.4, 0.5) is 4.48 Å². The number of rotatable bonds is 2. The summed E-state index contributed by atoms with van der Waals surface area (Å²) in [5.74, 6) is -1.85. The van der Waals surface area contributed by atoms with Crippen LogP contribution >= 0.6 is 0 Å². The van der Waals surface area contributed by atoms with Gasteiger partial charge in [-0.25, -0.2) is 0 Å². The van der Waals surface area contributed by atoms with Crippen LogP contribution in [-0.4, -0.2) is 16.9 Å². The molecule has 1 aliphatic heterocycles. The molecule has 0 saturated heterocycles. The van der Waals surface area contributed by atoms with Crippen LogP contribution in [0, 0.1) is 0 Å². The van der Waals surface area contributed by atoms with E-state index in [0.717, 1.165) is 11.6 Å². The van der Waals surface area contributed by atoms with Gasteiger partial charge in [-0.15, -0.1) is 5.12 Å². The lowest BCUT2D eigenvalue weighted by atomic mass is 10.1. The fourth-order valence-electron chi connectivity index (χ4n) is 1.33. The predicted molar refractivity (Wildman–Crippen MR) is 56.5 cm³/mol. The molecule has 0 spiro atoms. The fraction of sp³-hybridized carbons (Fsp3) is 0. The molecule has 3 nitrogen and oxygen atoms in total. The Balaban J connectivity index is 2.18. The quantitative estimate of drug-likeness (QED) is 0.560. The van der Waals surface area contributed by atoms with Gasteiger partial charge in [-0.3, -0.25) is 9.59 Å². The van der Waals surface area contributed by atoms with Gasteiger partial charge in [0.1, 0.15) is 0 Å². The summed E-state index contributed by atoms with van der Waals surface area (Å²) < 4.78 is 12.7. The van der Waals surface area contributed by atoms with Crippen LogP contribution in [0.1, 0.15) is 5.56 Å². The summed E-state index contributed by atoms with van der Waals surface area (Å²) >= 11 is 0. The normalized spacial score (nSPS) is 16.1. The van der Waals surface area contributed by atoms with Crippen molar-refractivity contribution in [2.45, 2.75) is 0 Å². The number of carbonyl (C=O) groups excluding carboxylic acids is 2. The highest BCUT2D eigenvalue weighted by atomic mass is 19.2. The van der Waals surface area contributed by atoms with E-state index in [1.807, 2.05) is 30.3 Å². The largest absolute Gasteiger partial charge is 0.289 e. The third-order valence-electron chi connectivity index (χ3n) is 2.15. The zero-order chi connectivity index (χ0) is 11.5. The van der Waals surface area contributed by atoms with Gasteiger partial charge in [-0.05, 0) is 11.6 Å². The predicted octanol–water partition coefficient (Wildman–Crippen LogP) is 1.88.